The van der Waals surface area contributed by atoms with E-state index in [0.717, 1.165) is 19.4 Å². The summed E-state index contributed by atoms with van der Waals surface area (Å²) < 4.78 is 5.23. The molecule has 1 atom stereocenters. The Kier molecular flexibility index (Phi) is 5.58. The van der Waals surface area contributed by atoms with Crippen LogP contribution in [0.5, 0.6) is 0 Å². The lowest BCUT2D eigenvalue weighted by Gasteiger charge is -2.34. The molecule has 8 nitrogen and oxygen atoms in total. The van der Waals surface area contributed by atoms with Crippen molar-refractivity contribution in [3.05, 3.63) is 28.6 Å². The van der Waals surface area contributed by atoms with Crippen LogP contribution in [0.25, 0.3) is 0 Å². The Labute approximate surface area is 141 Å². The SMILES string of the molecule is CC(C)(C)OC(=O)NCC1CCCN(c2ccncc2[N+](=O)[O-])C1. The number of amides is 1. The Hall–Kier alpha value is -2.38. The van der Waals surface area contributed by atoms with Crippen molar-refractivity contribution in [1.29, 1.82) is 0 Å². The monoisotopic (exact) mass is 336 g/mol. The number of ether oxygens (including phenoxy) is 1. The molecule has 24 heavy (non-hydrogen) atoms. The fourth-order valence-electron chi connectivity index (χ4n) is 2.78. The van der Waals surface area contributed by atoms with E-state index in [1.807, 2.05) is 25.7 Å². The summed E-state index contributed by atoms with van der Waals surface area (Å²) in [6, 6.07) is 1.67. The van der Waals surface area contributed by atoms with Crippen LogP contribution in [0, 0.1) is 16.0 Å². The van der Waals surface area contributed by atoms with Gasteiger partial charge in [0.15, 0.2) is 0 Å². The maximum atomic E-state index is 11.8. The molecule has 2 heterocycles. The third-order valence-corrected chi connectivity index (χ3v) is 3.77. The van der Waals surface area contributed by atoms with Gasteiger partial charge in [0.25, 0.3) is 0 Å². The summed E-state index contributed by atoms with van der Waals surface area (Å²) in [6.07, 6.45) is 4.28. The van der Waals surface area contributed by atoms with E-state index in [1.54, 1.807) is 12.3 Å². The third-order valence-electron chi connectivity index (χ3n) is 3.77. The van der Waals surface area contributed by atoms with E-state index >= 15 is 0 Å². The molecule has 1 amide bonds. The number of piperidine rings is 1. The molecule has 132 valence electrons. The number of alkyl carbamates (subject to hydrolysis) is 1. The van der Waals surface area contributed by atoms with Crippen molar-refractivity contribution in [3.63, 3.8) is 0 Å². The number of nitrogens with one attached hydrogen (secondary N) is 1. The summed E-state index contributed by atoms with van der Waals surface area (Å²) in [4.78, 5) is 28.3. The zero-order valence-electron chi connectivity index (χ0n) is 14.3. The lowest BCUT2D eigenvalue weighted by Crippen LogP contribution is -2.42. The smallest absolute Gasteiger partial charge is 0.407 e. The van der Waals surface area contributed by atoms with Gasteiger partial charge in [-0.25, -0.2) is 4.79 Å². The van der Waals surface area contributed by atoms with Gasteiger partial charge in [-0.15, -0.1) is 0 Å². The molecule has 1 aliphatic heterocycles. The highest BCUT2D eigenvalue weighted by Crippen LogP contribution is 2.30. The molecule has 0 saturated carbocycles. The van der Waals surface area contributed by atoms with Crippen molar-refractivity contribution in [2.45, 2.75) is 39.2 Å². The number of hydrogen-bond acceptors (Lipinski definition) is 6. The van der Waals surface area contributed by atoms with E-state index in [4.69, 9.17) is 4.74 Å². The minimum Gasteiger partial charge on any atom is -0.444 e. The van der Waals surface area contributed by atoms with Gasteiger partial charge in [0.2, 0.25) is 0 Å². The summed E-state index contributed by atoms with van der Waals surface area (Å²) in [5.41, 5.74) is 0.0653. The number of carbonyl (C=O) groups excluding carboxylic acids is 1. The summed E-state index contributed by atoms with van der Waals surface area (Å²) in [6.45, 7) is 7.35. The molecule has 1 unspecified atom stereocenters. The maximum Gasteiger partial charge on any atom is 0.407 e. The van der Waals surface area contributed by atoms with Crippen LogP contribution in [0.2, 0.25) is 0 Å². The highest BCUT2D eigenvalue weighted by Gasteiger charge is 2.26. The number of nitro groups is 1. The molecule has 0 aliphatic carbocycles. The molecule has 1 fully saturated rings. The first-order chi connectivity index (χ1) is 11.3. The van der Waals surface area contributed by atoms with Gasteiger partial charge < -0.3 is 15.0 Å². The largest absolute Gasteiger partial charge is 0.444 e. The van der Waals surface area contributed by atoms with Crippen molar-refractivity contribution >= 4 is 17.5 Å². The first kappa shape index (κ1) is 18.0. The zero-order valence-corrected chi connectivity index (χ0v) is 14.3. The van der Waals surface area contributed by atoms with Gasteiger partial charge >= 0.3 is 11.8 Å². The Morgan fingerprint density at radius 3 is 2.96 bits per heavy atom. The highest BCUT2D eigenvalue weighted by atomic mass is 16.6. The number of hydrogen-bond donors (Lipinski definition) is 1. The van der Waals surface area contributed by atoms with Gasteiger partial charge in [0.05, 0.1) is 4.92 Å². The Bertz CT molecular complexity index is 600. The number of rotatable bonds is 4. The van der Waals surface area contributed by atoms with Crippen LogP contribution in [-0.2, 0) is 4.74 Å². The van der Waals surface area contributed by atoms with Gasteiger partial charge in [0.1, 0.15) is 17.5 Å². The number of anilines is 1. The summed E-state index contributed by atoms with van der Waals surface area (Å²) in [5, 5.41) is 13.9. The quantitative estimate of drug-likeness (QED) is 0.670. The van der Waals surface area contributed by atoms with Crippen LogP contribution in [0.3, 0.4) is 0 Å². The molecule has 1 aromatic heterocycles. The van der Waals surface area contributed by atoms with Crippen LogP contribution in [0.15, 0.2) is 18.5 Å². The molecule has 0 radical (unpaired) electrons. The predicted molar refractivity (Wildman–Crippen MR) is 90.1 cm³/mol. The molecule has 0 spiro atoms. The minimum atomic E-state index is -0.527. The second-order valence-electron chi connectivity index (χ2n) is 6.96. The molecule has 1 N–H and O–H groups in total. The predicted octanol–water partition coefficient (Wildman–Crippen LogP) is 2.73. The van der Waals surface area contributed by atoms with Crippen LogP contribution in [0.1, 0.15) is 33.6 Å². The van der Waals surface area contributed by atoms with Crippen molar-refractivity contribution in [1.82, 2.24) is 10.3 Å². The van der Waals surface area contributed by atoms with Crippen LogP contribution in [0.4, 0.5) is 16.2 Å². The standard InChI is InChI=1S/C16H24N4O4/c1-16(2,3)24-15(21)18-9-12-5-4-8-19(11-12)13-6-7-17-10-14(13)20(22)23/h6-7,10,12H,4-5,8-9,11H2,1-3H3,(H,18,21). The maximum absolute atomic E-state index is 11.8. The zero-order chi connectivity index (χ0) is 17.7. The molecule has 1 saturated heterocycles. The molecule has 1 aliphatic rings. The van der Waals surface area contributed by atoms with E-state index < -0.39 is 16.6 Å². The van der Waals surface area contributed by atoms with E-state index in [9.17, 15) is 14.9 Å². The number of nitrogens with zero attached hydrogens (tertiary/aromatic N) is 3. The van der Waals surface area contributed by atoms with E-state index in [1.165, 1.54) is 6.20 Å². The van der Waals surface area contributed by atoms with Crippen LogP contribution in [-0.4, -0.2) is 41.2 Å². The molecule has 8 heteroatoms. The molecule has 2 rings (SSSR count). The van der Waals surface area contributed by atoms with Crippen molar-refractivity contribution in [2.24, 2.45) is 5.92 Å². The van der Waals surface area contributed by atoms with Crippen LogP contribution >= 0.6 is 0 Å². The van der Waals surface area contributed by atoms with E-state index in [2.05, 4.69) is 10.3 Å². The minimum absolute atomic E-state index is 0.0123. The van der Waals surface area contributed by atoms with Gasteiger partial charge in [-0.05, 0) is 45.6 Å². The average molecular weight is 336 g/mol. The van der Waals surface area contributed by atoms with E-state index in [0.29, 0.717) is 18.8 Å². The van der Waals surface area contributed by atoms with Crippen molar-refractivity contribution < 1.29 is 14.5 Å². The fraction of sp³-hybridized carbons (Fsp3) is 0.625. The van der Waals surface area contributed by atoms with Gasteiger partial charge in [-0.1, -0.05) is 0 Å². The van der Waals surface area contributed by atoms with Gasteiger partial charge in [-0.3, -0.25) is 15.1 Å². The van der Waals surface area contributed by atoms with Gasteiger partial charge in [0, 0.05) is 25.8 Å². The lowest BCUT2D eigenvalue weighted by molar-refractivity contribution is -0.384. The Morgan fingerprint density at radius 2 is 2.29 bits per heavy atom. The Balaban J connectivity index is 1.95. The van der Waals surface area contributed by atoms with Crippen molar-refractivity contribution in [3.8, 4) is 0 Å². The van der Waals surface area contributed by atoms with Gasteiger partial charge in [-0.2, -0.15) is 0 Å². The highest BCUT2D eigenvalue weighted by molar-refractivity contribution is 5.67. The lowest BCUT2D eigenvalue weighted by atomic mass is 9.97. The number of aromatic nitrogens is 1. The second-order valence-corrected chi connectivity index (χ2v) is 6.96. The van der Waals surface area contributed by atoms with E-state index in [-0.39, 0.29) is 11.6 Å². The normalized spacial score (nSPS) is 18.1. The molecule has 0 aromatic carbocycles. The summed E-state index contributed by atoms with van der Waals surface area (Å²) in [5.74, 6) is 0.221. The first-order valence-electron chi connectivity index (χ1n) is 8.06. The molecular formula is C16H24N4O4. The summed E-state index contributed by atoms with van der Waals surface area (Å²) >= 11 is 0. The second kappa shape index (κ2) is 7.46. The number of carbonyl (C=O) groups is 1. The third kappa shape index (κ3) is 5.07. The topological polar surface area (TPSA) is 97.6 Å². The number of pyridine rings is 1. The molecular weight excluding hydrogens is 312 g/mol. The van der Waals surface area contributed by atoms with Crippen LogP contribution < -0.4 is 10.2 Å². The fourth-order valence-corrected chi connectivity index (χ4v) is 2.78. The molecule has 1 aromatic rings. The first-order valence-corrected chi connectivity index (χ1v) is 8.06. The molecule has 0 bridgehead atoms. The summed E-state index contributed by atoms with van der Waals surface area (Å²) in [7, 11) is 0. The average Bonchev–Trinajstić information content (AvgIpc) is 2.51. The Morgan fingerprint density at radius 1 is 1.54 bits per heavy atom. The van der Waals surface area contributed by atoms with Crippen molar-refractivity contribution in [2.75, 3.05) is 24.5 Å².